The SMILES string of the molecule is OOOOP[B]F. The topological polar surface area (TPSA) is 47.9 Å². The lowest BCUT2D eigenvalue weighted by Gasteiger charge is -1.89. The minimum Gasteiger partial charge on any atom is -0.333 e. The molecule has 0 amide bonds. The van der Waals surface area contributed by atoms with Crippen LogP contribution in [0.1, 0.15) is 0 Å². The molecule has 0 spiro atoms. The number of rotatable bonds is 4. The fourth-order valence-corrected chi connectivity index (χ4v) is 0.159. The summed E-state index contributed by atoms with van der Waals surface area (Å²) in [5.41, 5.74) is 0. The Bertz CT molecular complexity index is 30.9. The number of halogens is 1. The predicted molar refractivity (Wildman–Crippen MR) is 21.1 cm³/mol. The van der Waals surface area contributed by atoms with Crippen molar-refractivity contribution < 1.29 is 24.3 Å². The van der Waals surface area contributed by atoms with Crippen LogP contribution in [0.25, 0.3) is 0 Å². The van der Waals surface area contributed by atoms with Crippen LogP contribution in [0.4, 0.5) is 4.32 Å². The molecule has 7 heteroatoms. The van der Waals surface area contributed by atoms with E-state index in [0.29, 0.717) is 0 Å². The van der Waals surface area contributed by atoms with Crippen LogP contribution < -0.4 is 0 Å². The zero-order valence-electron chi connectivity index (χ0n) is 3.13. The first-order chi connectivity index (χ1) is 3.41. The largest absolute Gasteiger partial charge is 0.416 e. The lowest BCUT2D eigenvalue weighted by atomic mass is 10.6. The average molecular weight is 127 g/mol. The standard InChI is InChI=1S/BFH2O4P/c2-1-7-6-5-4-3/h3,7H. The molecule has 0 aliphatic carbocycles. The summed E-state index contributed by atoms with van der Waals surface area (Å²) in [6, 6.07) is 0. The second-order valence-electron chi connectivity index (χ2n) is 0.453. The second-order valence-corrected chi connectivity index (χ2v) is 1.07. The molecule has 0 aromatic rings. The Labute approximate surface area is 41.5 Å². The Kier molecular flexibility index (Phi) is 6.50. The summed E-state index contributed by atoms with van der Waals surface area (Å²) < 4.78 is 14.6. The molecule has 0 aliphatic heterocycles. The van der Waals surface area contributed by atoms with Crippen LogP contribution in [0.5, 0.6) is 0 Å². The first kappa shape index (κ1) is 7.26. The molecule has 0 heterocycles. The molecule has 41 valence electrons. The maximum atomic E-state index is 10.9. The monoisotopic (exact) mass is 127 g/mol. The van der Waals surface area contributed by atoms with Crippen LogP contribution in [0.3, 0.4) is 0 Å². The van der Waals surface area contributed by atoms with Crippen molar-refractivity contribution in [1.82, 2.24) is 0 Å². The van der Waals surface area contributed by atoms with Gasteiger partial charge < -0.3 is 4.32 Å². The fourth-order valence-electron chi connectivity index (χ4n) is 0.0530. The number of hydrogen-bond acceptors (Lipinski definition) is 4. The molecule has 0 saturated carbocycles. The van der Waals surface area contributed by atoms with E-state index in [9.17, 15) is 4.32 Å². The summed E-state index contributed by atoms with van der Waals surface area (Å²) in [5.74, 6) is 0. The highest BCUT2D eigenvalue weighted by Gasteiger charge is 1.87. The normalized spacial score (nSPS) is 10.6. The van der Waals surface area contributed by atoms with E-state index in [1.807, 2.05) is 0 Å². The van der Waals surface area contributed by atoms with Crippen LogP contribution in [0.15, 0.2) is 0 Å². The molecule has 1 N–H and O–H groups in total. The summed E-state index contributed by atoms with van der Waals surface area (Å²) in [6.45, 7) is 0. The Morgan fingerprint density at radius 3 is 2.86 bits per heavy atom. The van der Waals surface area contributed by atoms with Gasteiger partial charge in [0.1, 0.15) is 0 Å². The van der Waals surface area contributed by atoms with E-state index in [4.69, 9.17) is 5.26 Å². The van der Waals surface area contributed by atoms with Crippen molar-refractivity contribution in [1.29, 1.82) is 0 Å². The van der Waals surface area contributed by atoms with Crippen molar-refractivity contribution in [2.45, 2.75) is 0 Å². The van der Waals surface area contributed by atoms with Crippen LogP contribution in [-0.2, 0) is 14.8 Å². The Hall–Kier alpha value is 0.265. The van der Waals surface area contributed by atoms with Gasteiger partial charge in [-0.1, -0.05) is 0 Å². The lowest BCUT2D eigenvalue weighted by molar-refractivity contribution is -0.592. The van der Waals surface area contributed by atoms with Crippen molar-refractivity contribution >= 4 is 16.0 Å². The van der Waals surface area contributed by atoms with Gasteiger partial charge in [-0.25, -0.2) is 5.26 Å². The van der Waals surface area contributed by atoms with E-state index in [2.05, 4.69) is 14.8 Å². The maximum absolute atomic E-state index is 10.9. The van der Waals surface area contributed by atoms with Gasteiger partial charge >= 0.3 is 7.28 Å². The molecular formula is H2BFO4P. The minimum atomic E-state index is -0.577. The van der Waals surface area contributed by atoms with Crippen LogP contribution in [0.2, 0.25) is 0 Å². The van der Waals surface area contributed by atoms with Gasteiger partial charge in [0.15, 0.2) is 0 Å². The molecule has 0 aromatic carbocycles. The molecule has 7 heavy (non-hydrogen) atoms. The van der Waals surface area contributed by atoms with E-state index in [1.165, 1.54) is 0 Å². The third-order valence-electron chi connectivity index (χ3n) is 0.157. The van der Waals surface area contributed by atoms with Gasteiger partial charge in [0.2, 0.25) is 0 Å². The highest BCUT2D eigenvalue weighted by molar-refractivity contribution is 7.65. The molecule has 0 aromatic heterocycles. The molecule has 0 bridgehead atoms. The Morgan fingerprint density at radius 1 is 1.71 bits per heavy atom. The van der Waals surface area contributed by atoms with E-state index >= 15 is 0 Å². The summed E-state index contributed by atoms with van der Waals surface area (Å²) >= 11 is 0. The summed E-state index contributed by atoms with van der Waals surface area (Å²) in [6.07, 6.45) is 0. The van der Waals surface area contributed by atoms with Crippen LogP contribution in [0, 0.1) is 0 Å². The first-order valence-electron chi connectivity index (χ1n) is 1.23. The van der Waals surface area contributed by atoms with Crippen LogP contribution in [-0.4, -0.2) is 12.5 Å². The van der Waals surface area contributed by atoms with E-state index in [1.54, 1.807) is 0 Å². The number of hydrogen-bond donors (Lipinski definition) is 1. The van der Waals surface area contributed by atoms with Crippen molar-refractivity contribution in [2.24, 2.45) is 0 Å². The molecule has 0 saturated heterocycles. The molecular weight excluding hydrogens is 125 g/mol. The average Bonchev–Trinajstić information content (AvgIpc) is 1.69. The van der Waals surface area contributed by atoms with Gasteiger partial charge in [-0.2, -0.15) is 4.67 Å². The quantitative estimate of drug-likeness (QED) is 0.195. The molecule has 1 unspecified atom stereocenters. The molecule has 1 atom stereocenters. The van der Waals surface area contributed by atoms with E-state index < -0.39 is 8.69 Å². The summed E-state index contributed by atoms with van der Waals surface area (Å²) in [4.78, 5) is 0. The highest BCUT2D eigenvalue weighted by atomic mass is 31.1. The fraction of sp³-hybridized carbons (Fsp3) is 0. The zero-order valence-corrected chi connectivity index (χ0v) is 4.13. The first-order valence-corrected chi connectivity index (χ1v) is 2.21. The van der Waals surface area contributed by atoms with E-state index in [-0.39, 0.29) is 7.28 Å². The smallest absolute Gasteiger partial charge is 0.333 e. The third-order valence-corrected chi connectivity index (χ3v) is 0.410. The summed E-state index contributed by atoms with van der Waals surface area (Å²) in [5, 5.41) is 13.6. The highest BCUT2D eigenvalue weighted by Crippen LogP contribution is 2.07. The van der Waals surface area contributed by atoms with Crippen molar-refractivity contribution in [3.63, 3.8) is 0 Å². The molecule has 4 nitrogen and oxygen atoms in total. The van der Waals surface area contributed by atoms with Gasteiger partial charge in [-0.3, -0.25) is 0 Å². The molecule has 0 aliphatic rings. The molecule has 0 rings (SSSR count). The van der Waals surface area contributed by atoms with Crippen molar-refractivity contribution in [3.05, 3.63) is 0 Å². The third kappa shape index (κ3) is 6.26. The van der Waals surface area contributed by atoms with Gasteiger partial charge in [0.05, 0.1) is 8.69 Å². The maximum Gasteiger partial charge on any atom is 0.416 e. The lowest BCUT2D eigenvalue weighted by Crippen LogP contribution is -1.83. The second kappa shape index (κ2) is 6.26. The van der Waals surface area contributed by atoms with E-state index in [0.717, 1.165) is 0 Å². The predicted octanol–water partition coefficient (Wildman–Crippen LogP) is 0.436. The van der Waals surface area contributed by atoms with Crippen LogP contribution >= 0.6 is 8.69 Å². The van der Waals surface area contributed by atoms with Gasteiger partial charge in [0.25, 0.3) is 0 Å². The van der Waals surface area contributed by atoms with Gasteiger partial charge in [-0.15, -0.1) is 0 Å². The van der Waals surface area contributed by atoms with Gasteiger partial charge in [0, 0.05) is 0 Å². The summed E-state index contributed by atoms with van der Waals surface area (Å²) in [7, 11) is -0.356. The van der Waals surface area contributed by atoms with Crippen molar-refractivity contribution in [2.75, 3.05) is 0 Å². The molecule has 1 radical (unpaired) electrons. The Morgan fingerprint density at radius 2 is 2.43 bits per heavy atom. The zero-order chi connectivity index (χ0) is 5.54. The van der Waals surface area contributed by atoms with Gasteiger partial charge in [-0.05, 0) is 10.1 Å². The van der Waals surface area contributed by atoms with Crippen molar-refractivity contribution in [3.8, 4) is 0 Å². The minimum absolute atomic E-state index is 0.221. The molecule has 0 fully saturated rings. The Balaban J connectivity index is 2.45.